The number of hydrogen-bond acceptors (Lipinski definition) is 2. The first-order valence-corrected chi connectivity index (χ1v) is 8.13. The van der Waals surface area contributed by atoms with Gasteiger partial charge in [0.05, 0.1) is 11.8 Å². The van der Waals surface area contributed by atoms with Crippen LogP contribution in [0.1, 0.15) is 32.4 Å². The highest BCUT2D eigenvalue weighted by Gasteiger charge is 2.13. The Hall–Kier alpha value is -0.380. The van der Waals surface area contributed by atoms with Gasteiger partial charge in [-0.3, -0.25) is 4.79 Å². The maximum atomic E-state index is 11.8. The molecule has 0 spiro atoms. The van der Waals surface area contributed by atoms with Crippen molar-refractivity contribution in [3.05, 3.63) is 33.8 Å². The second-order valence-corrected chi connectivity index (χ2v) is 6.74. The van der Waals surface area contributed by atoms with Crippen molar-refractivity contribution in [2.24, 2.45) is 5.92 Å². The van der Waals surface area contributed by atoms with Crippen molar-refractivity contribution in [3.8, 4) is 0 Å². The molecule has 0 saturated heterocycles. The van der Waals surface area contributed by atoms with Crippen LogP contribution in [0.3, 0.4) is 0 Å². The molecule has 0 fully saturated rings. The van der Waals surface area contributed by atoms with Gasteiger partial charge in [-0.1, -0.05) is 43.1 Å². The van der Waals surface area contributed by atoms with Gasteiger partial charge in [-0.25, -0.2) is 0 Å². The molecular weight excluding hydrogens is 301 g/mol. The molecule has 0 radical (unpaired) electrons. The minimum atomic E-state index is -0.114. The first kappa shape index (κ1) is 16.7. The number of benzene rings is 1. The van der Waals surface area contributed by atoms with Crippen LogP contribution in [0.15, 0.2) is 18.2 Å². The molecule has 0 aromatic heterocycles. The maximum Gasteiger partial charge on any atom is 0.230 e. The summed E-state index contributed by atoms with van der Waals surface area (Å²) in [5.41, 5.74) is 0.883. The molecule has 1 amide bonds. The highest BCUT2D eigenvalue weighted by atomic mass is 35.5. The molecule has 0 saturated carbocycles. The molecule has 0 aliphatic rings. The van der Waals surface area contributed by atoms with Gasteiger partial charge in [0.15, 0.2) is 0 Å². The van der Waals surface area contributed by atoms with E-state index in [4.69, 9.17) is 23.2 Å². The van der Waals surface area contributed by atoms with Crippen LogP contribution >= 0.6 is 35.0 Å². The average molecular weight is 320 g/mol. The van der Waals surface area contributed by atoms with E-state index in [1.165, 1.54) is 0 Å². The number of rotatable bonds is 6. The van der Waals surface area contributed by atoms with E-state index in [-0.39, 0.29) is 11.9 Å². The van der Waals surface area contributed by atoms with Gasteiger partial charge in [-0.2, -0.15) is 11.8 Å². The summed E-state index contributed by atoms with van der Waals surface area (Å²) in [4.78, 5) is 11.8. The third-order valence-electron chi connectivity index (χ3n) is 2.49. The van der Waals surface area contributed by atoms with Gasteiger partial charge in [0, 0.05) is 10.0 Å². The van der Waals surface area contributed by atoms with Crippen LogP contribution in [-0.2, 0) is 4.79 Å². The fourth-order valence-electron chi connectivity index (χ4n) is 1.60. The average Bonchev–Trinajstić information content (AvgIpc) is 2.27. The van der Waals surface area contributed by atoms with Crippen LogP contribution in [0.2, 0.25) is 10.0 Å². The summed E-state index contributed by atoms with van der Waals surface area (Å²) >= 11 is 13.6. The number of hydrogen-bond donors (Lipinski definition) is 1. The van der Waals surface area contributed by atoms with Gasteiger partial charge in [0.2, 0.25) is 5.91 Å². The molecule has 1 N–H and O–H groups in total. The lowest BCUT2D eigenvalue weighted by molar-refractivity contribution is -0.119. The zero-order valence-electron chi connectivity index (χ0n) is 11.4. The summed E-state index contributed by atoms with van der Waals surface area (Å²) in [6.07, 6.45) is 0. The predicted molar refractivity (Wildman–Crippen MR) is 85.2 cm³/mol. The van der Waals surface area contributed by atoms with Gasteiger partial charge >= 0.3 is 0 Å². The third-order valence-corrected chi connectivity index (χ3v) is 4.42. The molecule has 2 nitrogen and oxygen atoms in total. The van der Waals surface area contributed by atoms with E-state index >= 15 is 0 Å². The van der Waals surface area contributed by atoms with E-state index in [0.29, 0.717) is 21.7 Å². The van der Waals surface area contributed by atoms with E-state index in [1.54, 1.807) is 23.9 Å². The minimum absolute atomic E-state index is 0.0316. The summed E-state index contributed by atoms with van der Waals surface area (Å²) < 4.78 is 0. The van der Waals surface area contributed by atoms with Crippen LogP contribution in [0.4, 0.5) is 0 Å². The molecule has 106 valence electrons. The Morgan fingerprint density at radius 3 is 2.58 bits per heavy atom. The topological polar surface area (TPSA) is 29.1 Å². The number of thioether (sulfide) groups is 1. The molecule has 0 heterocycles. The first-order valence-electron chi connectivity index (χ1n) is 6.22. The van der Waals surface area contributed by atoms with Crippen molar-refractivity contribution in [3.63, 3.8) is 0 Å². The van der Waals surface area contributed by atoms with Gasteiger partial charge in [0.25, 0.3) is 0 Å². The molecule has 1 rings (SSSR count). The van der Waals surface area contributed by atoms with Crippen LogP contribution in [0.5, 0.6) is 0 Å². The van der Waals surface area contributed by atoms with Crippen LogP contribution in [0.25, 0.3) is 0 Å². The summed E-state index contributed by atoms with van der Waals surface area (Å²) in [6.45, 7) is 6.20. The molecule has 5 heteroatoms. The molecule has 0 bridgehead atoms. The molecular formula is C14H19Cl2NOS. The zero-order chi connectivity index (χ0) is 14.4. The Kier molecular flexibility index (Phi) is 7.05. The lowest BCUT2D eigenvalue weighted by Crippen LogP contribution is -2.28. The lowest BCUT2D eigenvalue weighted by atomic mass is 10.1. The highest BCUT2D eigenvalue weighted by Crippen LogP contribution is 2.26. The van der Waals surface area contributed by atoms with Crippen molar-refractivity contribution < 1.29 is 4.79 Å². The Morgan fingerprint density at radius 2 is 2.00 bits per heavy atom. The standard InChI is InChI=1S/C14H19Cl2NOS/c1-9(2)7-19-8-14(18)17-10(3)12-5-4-11(15)6-13(12)16/h4-6,9-10H,7-8H2,1-3H3,(H,17,18). The lowest BCUT2D eigenvalue weighted by Gasteiger charge is -2.16. The fraction of sp³-hybridized carbons (Fsp3) is 0.500. The maximum absolute atomic E-state index is 11.8. The number of nitrogens with one attached hydrogen (secondary N) is 1. The molecule has 1 aromatic carbocycles. The number of carbonyl (C=O) groups excluding carboxylic acids is 1. The summed E-state index contributed by atoms with van der Waals surface area (Å²) in [7, 11) is 0. The first-order chi connectivity index (χ1) is 8.90. The number of halogens is 2. The molecule has 1 atom stereocenters. The van der Waals surface area contributed by atoms with Gasteiger partial charge in [-0.05, 0) is 36.3 Å². The Labute approximate surface area is 129 Å². The Bertz CT molecular complexity index is 437. The monoisotopic (exact) mass is 319 g/mol. The molecule has 0 aliphatic carbocycles. The second-order valence-electron chi connectivity index (χ2n) is 4.86. The predicted octanol–water partition coefficient (Wildman–Crippen LogP) is 4.56. The summed E-state index contributed by atoms with van der Waals surface area (Å²) in [5.74, 6) is 2.10. The molecule has 1 unspecified atom stereocenters. The number of amides is 1. The normalized spacial score (nSPS) is 12.5. The van der Waals surface area contributed by atoms with Crippen LogP contribution in [0, 0.1) is 5.92 Å². The van der Waals surface area contributed by atoms with Gasteiger partial charge in [0.1, 0.15) is 0 Å². The van der Waals surface area contributed by atoms with Crippen molar-refractivity contribution in [1.82, 2.24) is 5.32 Å². The molecule has 1 aromatic rings. The summed E-state index contributed by atoms with van der Waals surface area (Å²) in [5, 5.41) is 4.12. The van der Waals surface area contributed by atoms with E-state index < -0.39 is 0 Å². The molecule has 0 aliphatic heterocycles. The van der Waals surface area contributed by atoms with Crippen LogP contribution < -0.4 is 5.32 Å². The van der Waals surface area contributed by atoms with Gasteiger partial charge in [-0.15, -0.1) is 0 Å². The zero-order valence-corrected chi connectivity index (χ0v) is 13.7. The quantitative estimate of drug-likeness (QED) is 0.832. The van der Waals surface area contributed by atoms with E-state index in [9.17, 15) is 4.79 Å². The SMILES string of the molecule is CC(C)CSCC(=O)NC(C)c1ccc(Cl)cc1Cl. The van der Waals surface area contributed by atoms with E-state index in [2.05, 4.69) is 19.2 Å². The van der Waals surface area contributed by atoms with E-state index in [0.717, 1.165) is 11.3 Å². The largest absolute Gasteiger partial charge is 0.349 e. The van der Waals surface area contributed by atoms with Crippen molar-refractivity contribution >= 4 is 40.9 Å². The van der Waals surface area contributed by atoms with Crippen molar-refractivity contribution in [2.45, 2.75) is 26.8 Å². The second kappa shape index (κ2) is 8.03. The van der Waals surface area contributed by atoms with Gasteiger partial charge < -0.3 is 5.32 Å². The fourth-order valence-corrected chi connectivity index (χ4v) is 3.03. The third kappa shape index (κ3) is 6.07. The van der Waals surface area contributed by atoms with Crippen molar-refractivity contribution in [2.75, 3.05) is 11.5 Å². The summed E-state index contributed by atoms with van der Waals surface area (Å²) in [6, 6.07) is 5.20. The smallest absolute Gasteiger partial charge is 0.230 e. The van der Waals surface area contributed by atoms with E-state index in [1.807, 2.05) is 13.0 Å². The van der Waals surface area contributed by atoms with Crippen LogP contribution in [-0.4, -0.2) is 17.4 Å². The highest BCUT2D eigenvalue weighted by molar-refractivity contribution is 7.99. The molecule has 19 heavy (non-hydrogen) atoms. The van der Waals surface area contributed by atoms with Crippen molar-refractivity contribution in [1.29, 1.82) is 0 Å². The minimum Gasteiger partial charge on any atom is -0.349 e. The Balaban J connectivity index is 2.49. The number of carbonyl (C=O) groups is 1. The Morgan fingerprint density at radius 1 is 1.32 bits per heavy atom.